The van der Waals surface area contributed by atoms with Gasteiger partial charge in [0.05, 0.1) is 6.04 Å². The summed E-state index contributed by atoms with van der Waals surface area (Å²) < 4.78 is 6.05. The molecule has 0 saturated heterocycles. The van der Waals surface area contributed by atoms with Crippen molar-refractivity contribution in [3.05, 3.63) is 53.7 Å². The van der Waals surface area contributed by atoms with Gasteiger partial charge in [0.25, 0.3) is 0 Å². The second-order valence-corrected chi connectivity index (χ2v) is 6.83. The molecule has 120 valence electrons. The van der Waals surface area contributed by atoms with Gasteiger partial charge in [-0.25, -0.2) is 4.98 Å². The molecule has 1 aromatic carbocycles. The number of aromatic nitrogens is 1. The summed E-state index contributed by atoms with van der Waals surface area (Å²) in [6.45, 7) is 6.19. The van der Waals surface area contributed by atoms with Crippen molar-refractivity contribution in [2.75, 3.05) is 5.32 Å². The first-order chi connectivity index (χ1) is 10.9. The van der Waals surface area contributed by atoms with E-state index in [-0.39, 0.29) is 11.6 Å². The molecule has 1 aliphatic heterocycles. The van der Waals surface area contributed by atoms with E-state index in [4.69, 9.17) is 17.0 Å². The van der Waals surface area contributed by atoms with E-state index in [1.54, 1.807) is 6.20 Å². The fourth-order valence-electron chi connectivity index (χ4n) is 2.85. The van der Waals surface area contributed by atoms with Crippen LogP contribution >= 0.6 is 12.2 Å². The monoisotopic (exact) mass is 327 g/mol. The van der Waals surface area contributed by atoms with Crippen molar-refractivity contribution in [2.45, 2.75) is 38.8 Å². The number of pyridine rings is 1. The van der Waals surface area contributed by atoms with Crippen molar-refractivity contribution in [1.82, 2.24) is 10.3 Å². The number of ether oxygens (including phenoxy) is 1. The van der Waals surface area contributed by atoms with Crippen LogP contribution in [0.3, 0.4) is 0 Å². The van der Waals surface area contributed by atoms with Gasteiger partial charge in [0.2, 0.25) is 0 Å². The smallest absolute Gasteiger partial charge is 0.172 e. The van der Waals surface area contributed by atoms with Crippen LogP contribution in [-0.2, 0) is 0 Å². The Morgan fingerprint density at radius 1 is 1.26 bits per heavy atom. The van der Waals surface area contributed by atoms with Gasteiger partial charge < -0.3 is 15.4 Å². The summed E-state index contributed by atoms with van der Waals surface area (Å²) >= 11 is 5.48. The maximum atomic E-state index is 6.05. The molecule has 0 amide bonds. The largest absolute Gasteiger partial charge is 0.487 e. The van der Waals surface area contributed by atoms with Crippen LogP contribution in [0.1, 0.15) is 37.4 Å². The summed E-state index contributed by atoms with van der Waals surface area (Å²) in [5, 5.41) is 7.16. The molecule has 0 unspecified atom stereocenters. The lowest BCUT2D eigenvalue weighted by Crippen LogP contribution is -2.42. The summed E-state index contributed by atoms with van der Waals surface area (Å²) in [7, 11) is 0. The lowest BCUT2D eigenvalue weighted by atomic mass is 9.90. The number of benzene rings is 1. The SMILES string of the molecule is Cc1cccnc1NC(=S)N[C@H]1CC(C)(C)Oc2ccccc21. The zero-order valence-electron chi connectivity index (χ0n) is 13.6. The maximum absolute atomic E-state index is 6.05. The Balaban J connectivity index is 1.77. The highest BCUT2D eigenvalue weighted by molar-refractivity contribution is 7.80. The van der Waals surface area contributed by atoms with E-state index in [0.717, 1.165) is 29.1 Å². The number of nitrogens with zero attached hydrogens (tertiary/aromatic N) is 1. The number of fused-ring (bicyclic) bond motifs is 1. The number of para-hydroxylation sites is 1. The Bertz CT molecular complexity index is 730. The molecule has 2 N–H and O–H groups in total. The summed E-state index contributed by atoms with van der Waals surface area (Å²) in [5.41, 5.74) is 1.96. The van der Waals surface area contributed by atoms with Crippen molar-refractivity contribution >= 4 is 23.1 Å². The molecule has 0 fully saturated rings. The highest BCUT2D eigenvalue weighted by atomic mass is 32.1. The van der Waals surface area contributed by atoms with Crippen molar-refractivity contribution in [3.63, 3.8) is 0 Å². The third kappa shape index (κ3) is 3.62. The molecule has 0 spiro atoms. The van der Waals surface area contributed by atoms with E-state index in [1.807, 2.05) is 37.3 Å². The number of hydrogen-bond acceptors (Lipinski definition) is 3. The lowest BCUT2D eigenvalue weighted by molar-refractivity contribution is 0.0697. The molecule has 1 atom stereocenters. The van der Waals surface area contributed by atoms with Crippen LogP contribution in [0.4, 0.5) is 5.82 Å². The van der Waals surface area contributed by atoms with E-state index < -0.39 is 0 Å². The molecule has 23 heavy (non-hydrogen) atoms. The van der Waals surface area contributed by atoms with E-state index in [1.165, 1.54) is 0 Å². The Morgan fingerprint density at radius 3 is 2.83 bits per heavy atom. The van der Waals surface area contributed by atoms with Crippen LogP contribution in [0.5, 0.6) is 5.75 Å². The molecule has 2 heterocycles. The summed E-state index contributed by atoms with van der Waals surface area (Å²) in [6, 6.07) is 12.1. The van der Waals surface area contributed by atoms with Crippen LogP contribution in [0.25, 0.3) is 0 Å². The maximum Gasteiger partial charge on any atom is 0.172 e. The predicted molar refractivity (Wildman–Crippen MR) is 96.8 cm³/mol. The standard InChI is InChI=1S/C18H21N3OS/c1-12-7-6-10-19-16(12)21-17(23)20-14-11-18(2,3)22-15-9-5-4-8-13(14)15/h4-10,14H,11H2,1-3H3,(H2,19,20,21,23)/t14-/m0/s1. The van der Waals surface area contributed by atoms with Gasteiger partial charge in [0.15, 0.2) is 5.11 Å². The normalized spacial score (nSPS) is 18.5. The zero-order valence-corrected chi connectivity index (χ0v) is 14.4. The number of rotatable bonds is 2. The van der Waals surface area contributed by atoms with Gasteiger partial charge in [-0.15, -0.1) is 0 Å². The Hall–Kier alpha value is -2.14. The molecule has 0 saturated carbocycles. The van der Waals surface area contributed by atoms with E-state index >= 15 is 0 Å². The minimum absolute atomic E-state index is 0.110. The molecule has 1 aromatic heterocycles. The molecule has 3 rings (SSSR count). The van der Waals surface area contributed by atoms with E-state index in [9.17, 15) is 0 Å². The average molecular weight is 327 g/mol. The highest BCUT2D eigenvalue weighted by Crippen LogP contribution is 2.39. The van der Waals surface area contributed by atoms with E-state index in [2.05, 4.69) is 35.5 Å². The fraction of sp³-hybridized carbons (Fsp3) is 0.333. The van der Waals surface area contributed by atoms with E-state index in [0.29, 0.717) is 5.11 Å². The first-order valence-corrected chi connectivity index (χ1v) is 8.12. The fourth-order valence-corrected chi connectivity index (χ4v) is 3.09. The third-order valence-electron chi connectivity index (χ3n) is 3.92. The van der Waals surface area contributed by atoms with Crippen LogP contribution in [-0.4, -0.2) is 15.7 Å². The molecule has 2 aromatic rings. The van der Waals surface area contributed by atoms with Crippen LogP contribution < -0.4 is 15.4 Å². The lowest BCUT2D eigenvalue weighted by Gasteiger charge is -2.38. The number of anilines is 1. The van der Waals surface area contributed by atoms with Crippen molar-refractivity contribution < 1.29 is 4.74 Å². The molecule has 4 nitrogen and oxygen atoms in total. The minimum Gasteiger partial charge on any atom is -0.487 e. The van der Waals surface area contributed by atoms with Crippen LogP contribution in [0, 0.1) is 6.92 Å². The summed E-state index contributed by atoms with van der Waals surface area (Å²) in [5.74, 6) is 1.70. The topological polar surface area (TPSA) is 46.2 Å². The number of hydrogen-bond donors (Lipinski definition) is 2. The van der Waals surface area contributed by atoms with Gasteiger partial charge in [-0.2, -0.15) is 0 Å². The highest BCUT2D eigenvalue weighted by Gasteiger charge is 2.33. The first kappa shape index (κ1) is 15.7. The van der Waals surface area contributed by atoms with Gasteiger partial charge in [-0.1, -0.05) is 24.3 Å². The number of nitrogens with one attached hydrogen (secondary N) is 2. The van der Waals surface area contributed by atoms with Gasteiger partial charge in [-0.3, -0.25) is 0 Å². The second kappa shape index (κ2) is 6.16. The second-order valence-electron chi connectivity index (χ2n) is 6.42. The van der Waals surface area contributed by atoms with Gasteiger partial charge in [0.1, 0.15) is 17.2 Å². The molecular weight excluding hydrogens is 306 g/mol. The molecular formula is C18H21N3OS. The molecule has 0 bridgehead atoms. The van der Waals surface area contributed by atoms with Crippen LogP contribution in [0.2, 0.25) is 0 Å². The number of aryl methyl sites for hydroxylation is 1. The quantitative estimate of drug-likeness (QED) is 0.817. The van der Waals surface area contributed by atoms with Gasteiger partial charge >= 0.3 is 0 Å². The van der Waals surface area contributed by atoms with Crippen molar-refractivity contribution in [3.8, 4) is 5.75 Å². The molecule has 0 radical (unpaired) electrons. The first-order valence-electron chi connectivity index (χ1n) is 7.72. The predicted octanol–water partition coefficient (Wildman–Crippen LogP) is 3.98. The third-order valence-corrected chi connectivity index (χ3v) is 4.14. The van der Waals surface area contributed by atoms with Gasteiger partial charge in [-0.05, 0) is 50.7 Å². The molecule has 0 aliphatic carbocycles. The van der Waals surface area contributed by atoms with Gasteiger partial charge in [0, 0.05) is 18.2 Å². The van der Waals surface area contributed by atoms with Crippen molar-refractivity contribution in [1.29, 1.82) is 0 Å². The molecule has 1 aliphatic rings. The summed E-state index contributed by atoms with van der Waals surface area (Å²) in [6.07, 6.45) is 2.60. The minimum atomic E-state index is -0.234. The number of thiocarbonyl (C=S) groups is 1. The zero-order chi connectivity index (χ0) is 16.4. The van der Waals surface area contributed by atoms with Crippen molar-refractivity contribution in [2.24, 2.45) is 0 Å². The molecule has 5 heteroatoms. The Kier molecular flexibility index (Phi) is 4.22. The Labute approximate surface area is 142 Å². The summed E-state index contributed by atoms with van der Waals surface area (Å²) in [4.78, 5) is 4.32. The average Bonchev–Trinajstić information content (AvgIpc) is 2.48. The van der Waals surface area contributed by atoms with Crippen LogP contribution in [0.15, 0.2) is 42.6 Å². The Morgan fingerprint density at radius 2 is 2.04 bits per heavy atom.